The van der Waals surface area contributed by atoms with Crippen molar-refractivity contribution in [3.63, 3.8) is 0 Å². The molecule has 2 aromatic rings. The molecule has 0 aromatic carbocycles. The summed E-state index contributed by atoms with van der Waals surface area (Å²) in [4.78, 5) is 8.41. The lowest BCUT2D eigenvalue weighted by atomic mass is 10.7. The van der Waals surface area contributed by atoms with Crippen LogP contribution in [0.5, 0.6) is 0 Å². The summed E-state index contributed by atoms with van der Waals surface area (Å²) in [5.41, 5.74) is 0.928. The minimum Gasteiger partial charge on any atom is -0.302 e. The van der Waals surface area contributed by atoms with E-state index in [0.717, 1.165) is 13.0 Å². The number of imidazole rings is 1. The minimum absolute atomic E-state index is 0.928. The van der Waals surface area contributed by atoms with E-state index in [0.29, 0.717) is 0 Å². The molecule has 0 bridgehead atoms. The van der Waals surface area contributed by atoms with Gasteiger partial charge in [0.2, 0.25) is 0 Å². The Morgan fingerprint density at radius 1 is 1.36 bits per heavy atom. The first-order chi connectivity index (χ1) is 5.27. The van der Waals surface area contributed by atoms with E-state index >= 15 is 0 Å². The molecule has 0 atom stereocenters. The Bertz CT molecular complexity index is 396. The van der Waals surface area contributed by atoms with E-state index in [1.807, 2.05) is 16.8 Å². The average molecular weight is 371 g/mol. The van der Waals surface area contributed by atoms with Crippen LogP contribution in [0.15, 0.2) is 18.6 Å². The zero-order valence-corrected chi connectivity index (χ0v) is 9.64. The van der Waals surface area contributed by atoms with Gasteiger partial charge in [-0.2, -0.15) is 0 Å². The summed E-state index contributed by atoms with van der Waals surface area (Å²) >= 11 is 4.36. The molecule has 2 aromatic heterocycles. The molecular formula is C6H3I2N3. The van der Waals surface area contributed by atoms with E-state index in [2.05, 4.69) is 55.1 Å². The summed E-state index contributed by atoms with van der Waals surface area (Å²) in [7, 11) is 0. The molecule has 2 heterocycles. The van der Waals surface area contributed by atoms with Gasteiger partial charge < -0.3 is 4.40 Å². The molecule has 0 aliphatic rings. The van der Waals surface area contributed by atoms with Crippen molar-refractivity contribution in [2.45, 2.75) is 0 Å². The van der Waals surface area contributed by atoms with Gasteiger partial charge in [-0.1, -0.05) is 0 Å². The molecule has 3 nitrogen and oxygen atoms in total. The molecular weight excluding hydrogens is 368 g/mol. The van der Waals surface area contributed by atoms with Crippen LogP contribution in [0.2, 0.25) is 0 Å². The maximum atomic E-state index is 4.29. The second kappa shape index (κ2) is 2.85. The van der Waals surface area contributed by atoms with E-state index < -0.39 is 0 Å². The molecule has 0 aliphatic carbocycles. The molecule has 11 heavy (non-hydrogen) atoms. The number of hydrogen-bond donors (Lipinski definition) is 0. The first-order valence-electron chi connectivity index (χ1n) is 2.92. The molecule has 0 saturated carbocycles. The molecule has 0 saturated heterocycles. The van der Waals surface area contributed by atoms with Crippen molar-refractivity contribution in [2.75, 3.05) is 0 Å². The van der Waals surface area contributed by atoms with Crippen LogP contribution in [0.3, 0.4) is 0 Å². The van der Waals surface area contributed by atoms with E-state index in [1.165, 1.54) is 0 Å². The quantitative estimate of drug-likeness (QED) is 0.663. The molecule has 0 unspecified atom stereocenters. The predicted molar refractivity (Wildman–Crippen MR) is 58.4 cm³/mol. The number of aromatic nitrogens is 3. The van der Waals surface area contributed by atoms with Gasteiger partial charge in [-0.15, -0.1) is 0 Å². The lowest BCUT2D eigenvalue weighted by molar-refractivity contribution is 1.10. The van der Waals surface area contributed by atoms with Crippen molar-refractivity contribution in [3.8, 4) is 0 Å². The van der Waals surface area contributed by atoms with Gasteiger partial charge in [0, 0.05) is 18.6 Å². The van der Waals surface area contributed by atoms with Gasteiger partial charge in [0.05, 0.1) is 0 Å². The van der Waals surface area contributed by atoms with Crippen molar-refractivity contribution in [2.24, 2.45) is 0 Å². The van der Waals surface area contributed by atoms with Crippen LogP contribution in [0.1, 0.15) is 0 Å². The van der Waals surface area contributed by atoms with Crippen molar-refractivity contribution < 1.29 is 0 Å². The Morgan fingerprint density at radius 3 is 2.91 bits per heavy atom. The first kappa shape index (κ1) is 7.71. The number of fused-ring (bicyclic) bond motifs is 1. The monoisotopic (exact) mass is 371 g/mol. The fourth-order valence-corrected chi connectivity index (χ4v) is 1.95. The molecule has 2 rings (SSSR count). The van der Waals surface area contributed by atoms with Crippen molar-refractivity contribution in [1.82, 2.24) is 14.4 Å². The lowest BCUT2D eigenvalue weighted by Crippen LogP contribution is -1.88. The fraction of sp³-hybridized carbons (Fsp3) is 0. The molecule has 5 heteroatoms. The standard InChI is InChI=1S/C6H3I2N3/c7-4-3-11-2-1-9-5(8)6(11)10-4/h1-3H. The molecule has 0 N–H and O–H groups in total. The third-order valence-corrected chi connectivity index (χ3v) is 2.58. The average Bonchev–Trinajstić information content (AvgIpc) is 2.31. The Kier molecular flexibility index (Phi) is 2.00. The SMILES string of the molecule is Ic1cn2ccnc(I)c2n1. The van der Waals surface area contributed by atoms with Gasteiger partial charge in [0.25, 0.3) is 0 Å². The molecule has 56 valence electrons. The van der Waals surface area contributed by atoms with E-state index in [1.54, 1.807) is 6.20 Å². The second-order valence-electron chi connectivity index (χ2n) is 2.01. The van der Waals surface area contributed by atoms with Gasteiger partial charge in [-0.3, -0.25) is 0 Å². The summed E-state index contributed by atoms with van der Waals surface area (Å²) in [5.74, 6) is 0. The molecule has 0 aliphatic heterocycles. The van der Waals surface area contributed by atoms with Gasteiger partial charge in [-0.05, 0) is 45.2 Å². The predicted octanol–water partition coefficient (Wildman–Crippen LogP) is 1.94. The summed E-state index contributed by atoms with van der Waals surface area (Å²) in [6.45, 7) is 0. The van der Waals surface area contributed by atoms with Gasteiger partial charge in [-0.25, -0.2) is 9.97 Å². The van der Waals surface area contributed by atoms with Gasteiger partial charge >= 0.3 is 0 Å². The van der Waals surface area contributed by atoms with Crippen LogP contribution in [-0.2, 0) is 0 Å². The fourth-order valence-electron chi connectivity index (χ4n) is 0.858. The van der Waals surface area contributed by atoms with Crippen molar-refractivity contribution >= 4 is 50.8 Å². The zero-order valence-electron chi connectivity index (χ0n) is 5.33. The summed E-state index contributed by atoms with van der Waals surface area (Å²) in [6, 6.07) is 0. The van der Waals surface area contributed by atoms with E-state index in [4.69, 9.17) is 0 Å². The molecule has 0 fully saturated rings. The second-order valence-corrected chi connectivity index (χ2v) is 4.14. The third-order valence-electron chi connectivity index (χ3n) is 1.30. The molecule has 0 radical (unpaired) electrons. The van der Waals surface area contributed by atoms with Gasteiger partial charge in [0.1, 0.15) is 7.40 Å². The topological polar surface area (TPSA) is 30.2 Å². The van der Waals surface area contributed by atoms with E-state index in [9.17, 15) is 0 Å². The first-order valence-corrected chi connectivity index (χ1v) is 5.08. The van der Waals surface area contributed by atoms with Crippen molar-refractivity contribution in [1.29, 1.82) is 0 Å². The lowest BCUT2D eigenvalue weighted by Gasteiger charge is -1.91. The summed E-state index contributed by atoms with van der Waals surface area (Å²) < 4.78 is 3.90. The molecule has 0 spiro atoms. The Morgan fingerprint density at radius 2 is 2.18 bits per heavy atom. The highest BCUT2D eigenvalue weighted by Gasteiger charge is 2.01. The minimum atomic E-state index is 0.928. The van der Waals surface area contributed by atoms with Crippen LogP contribution in [0.4, 0.5) is 0 Å². The highest BCUT2D eigenvalue weighted by Crippen LogP contribution is 2.11. The maximum Gasteiger partial charge on any atom is 0.170 e. The smallest absolute Gasteiger partial charge is 0.170 e. The normalized spacial score (nSPS) is 10.7. The Labute approximate surface area is 90.5 Å². The number of halogens is 2. The van der Waals surface area contributed by atoms with Crippen LogP contribution >= 0.6 is 45.2 Å². The Hall–Kier alpha value is 0.0800. The van der Waals surface area contributed by atoms with E-state index in [-0.39, 0.29) is 0 Å². The largest absolute Gasteiger partial charge is 0.302 e. The highest BCUT2D eigenvalue weighted by atomic mass is 127. The van der Waals surface area contributed by atoms with Crippen LogP contribution < -0.4 is 0 Å². The number of hydrogen-bond acceptors (Lipinski definition) is 2. The summed E-state index contributed by atoms with van der Waals surface area (Å²) in [5, 5.41) is 0. The highest BCUT2D eigenvalue weighted by molar-refractivity contribution is 14.1. The van der Waals surface area contributed by atoms with Crippen LogP contribution in [0, 0.1) is 7.40 Å². The van der Waals surface area contributed by atoms with Crippen LogP contribution in [0.25, 0.3) is 5.65 Å². The maximum absolute atomic E-state index is 4.29. The zero-order chi connectivity index (χ0) is 7.84. The van der Waals surface area contributed by atoms with Crippen molar-refractivity contribution in [3.05, 3.63) is 26.0 Å². The Balaban J connectivity index is 2.90. The van der Waals surface area contributed by atoms with Crippen LogP contribution in [-0.4, -0.2) is 14.4 Å². The third kappa shape index (κ3) is 1.35. The number of rotatable bonds is 0. The number of nitrogens with zero attached hydrogens (tertiary/aromatic N) is 3. The van der Waals surface area contributed by atoms with Gasteiger partial charge in [0.15, 0.2) is 5.65 Å². The molecule has 0 amide bonds. The summed E-state index contributed by atoms with van der Waals surface area (Å²) in [6.07, 6.45) is 5.64.